The second-order valence-corrected chi connectivity index (χ2v) is 11.2. The summed E-state index contributed by atoms with van der Waals surface area (Å²) in [5.41, 5.74) is 0.0913. The van der Waals surface area contributed by atoms with E-state index in [1.807, 2.05) is 6.92 Å². The van der Waals surface area contributed by atoms with Crippen LogP contribution in [0.5, 0.6) is 5.75 Å². The molecule has 0 aliphatic carbocycles. The SMILES string of the molecule is C/C=C/c1ccc2c(c1)O[C@H](CN(C)C(=O)Nc1ccc(C(F)(F)F)cc1)[C@@H](C)CN([C@H](C)CO)S2(=O)=O. The average Bonchev–Trinajstić information content (AvgIpc) is 2.85. The lowest BCUT2D eigenvalue weighted by Gasteiger charge is -2.37. The van der Waals surface area contributed by atoms with Gasteiger partial charge < -0.3 is 20.1 Å². The highest BCUT2D eigenvalue weighted by Crippen LogP contribution is 2.35. The van der Waals surface area contributed by atoms with Gasteiger partial charge in [-0.2, -0.15) is 17.5 Å². The fourth-order valence-corrected chi connectivity index (χ4v) is 5.90. The summed E-state index contributed by atoms with van der Waals surface area (Å²) in [5.74, 6) is -0.262. The van der Waals surface area contributed by atoms with Crippen molar-refractivity contribution in [3.05, 3.63) is 59.7 Å². The van der Waals surface area contributed by atoms with E-state index in [0.29, 0.717) is 0 Å². The van der Waals surface area contributed by atoms with Gasteiger partial charge >= 0.3 is 12.2 Å². The number of nitrogens with one attached hydrogen (secondary N) is 1. The van der Waals surface area contributed by atoms with Crippen molar-refractivity contribution in [2.24, 2.45) is 5.92 Å². The van der Waals surface area contributed by atoms with Crippen molar-refractivity contribution in [2.45, 2.75) is 44.0 Å². The topological polar surface area (TPSA) is 99.2 Å². The van der Waals surface area contributed by atoms with E-state index in [2.05, 4.69) is 5.32 Å². The van der Waals surface area contributed by atoms with E-state index < -0.39 is 45.9 Å². The van der Waals surface area contributed by atoms with Crippen LogP contribution in [0.3, 0.4) is 0 Å². The first-order valence-electron chi connectivity index (χ1n) is 12.0. The molecule has 1 heterocycles. The molecule has 0 spiro atoms. The van der Waals surface area contributed by atoms with Gasteiger partial charge in [-0.3, -0.25) is 0 Å². The van der Waals surface area contributed by atoms with Crippen LogP contribution in [0.1, 0.15) is 31.9 Å². The average molecular weight is 556 g/mol. The number of carbonyl (C=O) groups is 1. The fourth-order valence-electron chi connectivity index (χ4n) is 4.07. The maximum absolute atomic E-state index is 13.5. The smallest absolute Gasteiger partial charge is 0.416 e. The zero-order chi connectivity index (χ0) is 28.3. The Morgan fingerprint density at radius 3 is 2.50 bits per heavy atom. The number of carbonyl (C=O) groups excluding carboxylic acids is 1. The number of rotatable bonds is 6. The third-order valence-corrected chi connectivity index (χ3v) is 8.33. The number of ether oxygens (including phenoxy) is 1. The third-order valence-electron chi connectivity index (χ3n) is 6.31. The lowest BCUT2D eigenvalue weighted by molar-refractivity contribution is -0.137. The number of fused-ring (bicyclic) bond motifs is 1. The Morgan fingerprint density at radius 1 is 1.26 bits per heavy atom. The number of aliphatic hydroxyl groups is 1. The fraction of sp³-hybridized carbons (Fsp3) is 0.423. The van der Waals surface area contributed by atoms with Crippen LogP contribution < -0.4 is 10.1 Å². The molecule has 208 valence electrons. The lowest BCUT2D eigenvalue weighted by atomic mass is 10.0. The maximum atomic E-state index is 13.5. The van der Waals surface area contributed by atoms with Gasteiger partial charge in [0.1, 0.15) is 16.7 Å². The van der Waals surface area contributed by atoms with Gasteiger partial charge in [0.05, 0.1) is 18.7 Å². The third kappa shape index (κ3) is 6.66. The number of alkyl halides is 3. The van der Waals surface area contributed by atoms with E-state index in [1.54, 1.807) is 38.1 Å². The van der Waals surface area contributed by atoms with Crippen LogP contribution >= 0.6 is 0 Å². The highest BCUT2D eigenvalue weighted by atomic mass is 32.2. The molecule has 0 bridgehead atoms. The number of aliphatic hydroxyl groups excluding tert-OH is 1. The Morgan fingerprint density at radius 2 is 1.92 bits per heavy atom. The van der Waals surface area contributed by atoms with Gasteiger partial charge in [0.15, 0.2) is 0 Å². The molecule has 2 N–H and O–H groups in total. The van der Waals surface area contributed by atoms with Gasteiger partial charge in [0.2, 0.25) is 10.0 Å². The molecule has 3 rings (SSSR count). The zero-order valence-corrected chi connectivity index (χ0v) is 22.4. The summed E-state index contributed by atoms with van der Waals surface area (Å²) >= 11 is 0. The van der Waals surface area contributed by atoms with Crippen LogP contribution in [-0.2, 0) is 16.2 Å². The number of likely N-dealkylation sites (N-methyl/N-ethyl adjacent to an activating group) is 1. The molecule has 0 aromatic heterocycles. The van der Waals surface area contributed by atoms with Crippen molar-refractivity contribution in [1.82, 2.24) is 9.21 Å². The molecule has 0 saturated heterocycles. The van der Waals surface area contributed by atoms with Crippen molar-refractivity contribution in [3.63, 3.8) is 0 Å². The van der Waals surface area contributed by atoms with Crippen molar-refractivity contribution in [3.8, 4) is 5.75 Å². The van der Waals surface area contributed by atoms with Crippen LogP contribution in [0.2, 0.25) is 0 Å². The van der Waals surface area contributed by atoms with Crippen molar-refractivity contribution in [1.29, 1.82) is 0 Å². The van der Waals surface area contributed by atoms with E-state index in [4.69, 9.17) is 4.74 Å². The van der Waals surface area contributed by atoms with Gasteiger partial charge in [0, 0.05) is 31.2 Å². The number of halogens is 3. The molecule has 8 nitrogen and oxygen atoms in total. The summed E-state index contributed by atoms with van der Waals surface area (Å²) in [6.07, 6.45) is -1.52. The highest BCUT2D eigenvalue weighted by Gasteiger charge is 2.38. The Labute approximate surface area is 220 Å². The van der Waals surface area contributed by atoms with Crippen LogP contribution in [0, 0.1) is 5.92 Å². The van der Waals surface area contributed by atoms with E-state index >= 15 is 0 Å². The Bertz CT molecular complexity index is 1270. The van der Waals surface area contributed by atoms with Crippen molar-refractivity contribution in [2.75, 3.05) is 32.1 Å². The first-order valence-corrected chi connectivity index (χ1v) is 13.5. The van der Waals surface area contributed by atoms with E-state index in [-0.39, 0.29) is 36.0 Å². The summed E-state index contributed by atoms with van der Waals surface area (Å²) in [6.45, 7) is 4.95. The molecular weight excluding hydrogens is 523 g/mol. The van der Waals surface area contributed by atoms with Gasteiger partial charge in [0.25, 0.3) is 0 Å². The van der Waals surface area contributed by atoms with Crippen molar-refractivity contribution >= 4 is 27.8 Å². The maximum Gasteiger partial charge on any atom is 0.416 e. The molecule has 2 aromatic carbocycles. The van der Waals surface area contributed by atoms with E-state index in [1.165, 1.54) is 34.5 Å². The van der Waals surface area contributed by atoms with Crippen molar-refractivity contribution < 1.29 is 36.2 Å². The van der Waals surface area contributed by atoms with E-state index in [9.17, 15) is 31.5 Å². The molecule has 38 heavy (non-hydrogen) atoms. The predicted octanol–water partition coefficient (Wildman–Crippen LogP) is 4.67. The summed E-state index contributed by atoms with van der Waals surface area (Å²) in [4.78, 5) is 14.1. The largest absolute Gasteiger partial charge is 0.487 e. The zero-order valence-electron chi connectivity index (χ0n) is 21.6. The van der Waals surface area contributed by atoms with Gasteiger partial charge in [-0.05, 0) is 55.8 Å². The number of hydrogen-bond acceptors (Lipinski definition) is 5. The minimum atomic E-state index is -4.48. The lowest BCUT2D eigenvalue weighted by Crippen LogP contribution is -2.50. The molecule has 2 aromatic rings. The second kappa shape index (κ2) is 11.7. The van der Waals surface area contributed by atoms with E-state index in [0.717, 1.165) is 17.7 Å². The van der Waals surface area contributed by atoms with Crippen LogP contribution in [0.4, 0.5) is 23.7 Å². The molecular formula is C26H32F3N3O5S. The number of anilines is 1. The number of amides is 2. The minimum absolute atomic E-state index is 0.0408. The standard InChI is InChI=1S/C26H32F3N3O5S/c1-5-6-19-7-12-24-22(13-19)37-23(17(2)14-32(18(3)16-33)38(24,35)36)15-31(4)25(34)30-21-10-8-20(9-11-21)26(27,28)29/h5-13,17-18,23,33H,14-16H2,1-4H3,(H,30,34)/b6-5+/t17-,18+,23+/m0/s1. The second-order valence-electron chi connectivity index (χ2n) is 9.33. The Hall–Kier alpha value is -3.09. The molecule has 0 unspecified atom stereocenters. The highest BCUT2D eigenvalue weighted by molar-refractivity contribution is 7.89. The summed E-state index contributed by atoms with van der Waals surface area (Å²) in [7, 11) is -2.48. The molecule has 1 aliphatic rings. The molecule has 0 saturated carbocycles. The summed E-state index contributed by atoms with van der Waals surface area (Å²) < 4.78 is 72.9. The molecule has 0 fully saturated rings. The Balaban J connectivity index is 1.87. The molecule has 3 atom stereocenters. The van der Waals surface area contributed by atoms with Gasteiger partial charge in [-0.25, -0.2) is 13.2 Å². The van der Waals surface area contributed by atoms with Gasteiger partial charge in [-0.15, -0.1) is 0 Å². The number of benzene rings is 2. The van der Waals surface area contributed by atoms with Crippen LogP contribution in [0.25, 0.3) is 6.08 Å². The van der Waals surface area contributed by atoms with Crippen LogP contribution in [0.15, 0.2) is 53.4 Å². The summed E-state index contributed by atoms with van der Waals surface area (Å²) in [6, 6.07) is 7.57. The molecule has 1 aliphatic heterocycles. The normalized spacial score (nSPS) is 20.6. The first-order chi connectivity index (χ1) is 17.8. The number of urea groups is 1. The number of sulfonamides is 1. The van der Waals surface area contributed by atoms with Gasteiger partial charge in [-0.1, -0.05) is 25.1 Å². The molecule has 12 heteroatoms. The number of allylic oxidation sites excluding steroid dienone is 1. The number of nitrogens with zero attached hydrogens (tertiary/aromatic N) is 2. The van der Waals surface area contributed by atoms with Crippen LogP contribution in [-0.4, -0.2) is 67.7 Å². The summed E-state index contributed by atoms with van der Waals surface area (Å²) in [5, 5.41) is 12.3. The molecule has 0 radical (unpaired) electrons. The minimum Gasteiger partial charge on any atom is -0.487 e. The first kappa shape index (κ1) is 29.5. The monoisotopic (exact) mass is 555 g/mol. The molecule has 2 amide bonds. The quantitative estimate of drug-likeness (QED) is 0.540. The predicted molar refractivity (Wildman–Crippen MR) is 138 cm³/mol. The Kier molecular flexibility index (Phi) is 9.11. The number of hydrogen-bond donors (Lipinski definition) is 2.